The number of fused-ring (bicyclic) bond motifs is 1. The average molecular weight is 329 g/mol. The van der Waals surface area contributed by atoms with Crippen LogP contribution in [-0.2, 0) is 7.05 Å². The topological polar surface area (TPSA) is 57.2 Å². The van der Waals surface area contributed by atoms with Crippen molar-refractivity contribution >= 4 is 5.65 Å². The quantitative estimate of drug-likeness (QED) is 0.530. The molecule has 0 aliphatic rings. The molecule has 0 aliphatic carbocycles. The third kappa shape index (κ3) is 2.83. The van der Waals surface area contributed by atoms with Gasteiger partial charge in [-0.25, -0.2) is 4.98 Å². The highest BCUT2D eigenvalue weighted by Crippen LogP contribution is 2.17. The summed E-state index contributed by atoms with van der Waals surface area (Å²) in [6, 6.07) is 15.6. The van der Waals surface area contributed by atoms with E-state index >= 15 is 0 Å². The van der Waals surface area contributed by atoms with Crippen molar-refractivity contribution in [3.63, 3.8) is 0 Å². The highest BCUT2D eigenvalue weighted by atomic mass is 16.5. The molecule has 0 aliphatic heterocycles. The van der Waals surface area contributed by atoms with Gasteiger partial charge in [-0.2, -0.15) is 9.50 Å². The smallest absolute Gasteiger partial charge is 0.226 e. The summed E-state index contributed by atoms with van der Waals surface area (Å²) in [5.74, 6) is 7.71. The molecule has 6 heteroatoms. The second-order valence-electron chi connectivity index (χ2n) is 5.45. The molecule has 6 nitrogen and oxygen atoms in total. The maximum atomic E-state index is 5.27. The van der Waals surface area contributed by atoms with Crippen LogP contribution >= 0.6 is 0 Å². The Kier molecular flexibility index (Phi) is 3.67. The van der Waals surface area contributed by atoms with Crippen LogP contribution in [0, 0.1) is 11.8 Å². The van der Waals surface area contributed by atoms with Gasteiger partial charge in [-0.05, 0) is 17.9 Å². The fourth-order valence-electron chi connectivity index (χ4n) is 2.53. The number of benzene rings is 1. The second kappa shape index (κ2) is 6.13. The molecule has 0 radical (unpaired) electrons. The molecule has 0 saturated carbocycles. The lowest BCUT2D eigenvalue weighted by Crippen LogP contribution is -1.95. The number of rotatable bonds is 2. The SMILES string of the molecule is COc1cccc2nc(C#Cc3nc(-c4ccccc4)cn3C)nn12. The van der Waals surface area contributed by atoms with Crippen molar-refractivity contribution in [1.29, 1.82) is 0 Å². The van der Waals surface area contributed by atoms with Crippen LogP contribution in [0.1, 0.15) is 11.6 Å². The Morgan fingerprint density at radius 2 is 1.80 bits per heavy atom. The Morgan fingerprint density at radius 1 is 0.960 bits per heavy atom. The fourth-order valence-corrected chi connectivity index (χ4v) is 2.53. The number of aromatic nitrogens is 5. The van der Waals surface area contributed by atoms with Crippen LogP contribution in [-0.4, -0.2) is 31.3 Å². The zero-order valence-corrected chi connectivity index (χ0v) is 13.8. The first-order chi connectivity index (χ1) is 12.2. The molecular formula is C19H15N5O. The van der Waals surface area contributed by atoms with Crippen molar-refractivity contribution in [1.82, 2.24) is 24.1 Å². The summed E-state index contributed by atoms with van der Waals surface area (Å²) >= 11 is 0. The van der Waals surface area contributed by atoms with Gasteiger partial charge >= 0.3 is 0 Å². The Bertz CT molecular complexity index is 1100. The molecule has 0 amide bonds. The van der Waals surface area contributed by atoms with Crippen LogP contribution < -0.4 is 4.74 Å². The molecule has 0 saturated heterocycles. The van der Waals surface area contributed by atoms with Crippen LogP contribution in [0.15, 0.2) is 54.7 Å². The van der Waals surface area contributed by atoms with E-state index < -0.39 is 0 Å². The number of ether oxygens (including phenoxy) is 1. The largest absolute Gasteiger partial charge is 0.481 e. The fraction of sp³-hybridized carbons (Fsp3) is 0.105. The Balaban J connectivity index is 1.69. The van der Waals surface area contributed by atoms with Gasteiger partial charge in [0.15, 0.2) is 11.5 Å². The first-order valence-corrected chi connectivity index (χ1v) is 7.75. The number of hydrogen-bond donors (Lipinski definition) is 0. The van der Waals surface area contributed by atoms with Crippen molar-refractivity contribution in [2.24, 2.45) is 7.05 Å². The van der Waals surface area contributed by atoms with Gasteiger partial charge in [0.25, 0.3) is 0 Å². The van der Waals surface area contributed by atoms with Crippen molar-refractivity contribution in [3.8, 4) is 29.0 Å². The van der Waals surface area contributed by atoms with Gasteiger partial charge in [0.2, 0.25) is 11.7 Å². The van der Waals surface area contributed by atoms with E-state index in [9.17, 15) is 0 Å². The van der Waals surface area contributed by atoms with Gasteiger partial charge < -0.3 is 9.30 Å². The molecule has 3 aromatic heterocycles. The molecule has 0 bridgehead atoms. The molecule has 0 N–H and O–H groups in total. The number of aryl methyl sites for hydroxylation is 1. The lowest BCUT2D eigenvalue weighted by molar-refractivity contribution is 0.385. The lowest BCUT2D eigenvalue weighted by atomic mass is 10.2. The minimum absolute atomic E-state index is 0.425. The first kappa shape index (κ1) is 15.0. The van der Waals surface area contributed by atoms with Gasteiger partial charge in [0.05, 0.1) is 12.8 Å². The normalized spacial score (nSPS) is 10.5. The minimum atomic E-state index is 0.425. The summed E-state index contributed by atoms with van der Waals surface area (Å²) in [6.45, 7) is 0. The number of pyridine rings is 1. The molecule has 25 heavy (non-hydrogen) atoms. The van der Waals surface area contributed by atoms with Crippen LogP contribution in [0.25, 0.3) is 16.9 Å². The highest BCUT2D eigenvalue weighted by molar-refractivity contribution is 5.59. The number of methoxy groups -OCH3 is 1. The molecule has 0 unspecified atom stereocenters. The van der Waals surface area contributed by atoms with Gasteiger partial charge in [-0.1, -0.05) is 36.4 Å². The van der Waals surface area contributed by atoms with E-state index in [1.54, 1.807) is 11.6 Å². The van der Waals surface area contributed by atoms with Crippen molar-refractivity contribution in [2.45, 2.75) is 0 Å². The molecule has 122 valence electrons. The lowest BCUT2D eigenvalue weighted by Gasteiger charge is -1.99. The molecule has 1 aromatic carbocycles. The predicted octanol–water partition coefficient (Wildman–Crippen LogP) is 2.54. The molecule has 4 aromatic rings. The van der Waals surface area contributed by atoms with E-state index in [0.29, 0.717) is 23.2 Å². The zero-order chi connectivity index (χ0) is 17.2. The Labute approximate surface area is 144 Å². The average Bonchev–Trinajstić information content (AvgIpc) is 3.23. The number of imidazole rings is 1. The Morgan fingerprint density at radius 3 is 2.60 bits per heavy atom. The number of nitrogens with zero attached hydrogens (tertiary/aromatic N) is 5. The molecule has 3 heterocycles. The van der Waals surface area contributed by atoms with Crippen molar-refractivity contribution < 1.29 is 4.74 Å². The first-order valence-electron chi connectivity index (χ1n) is 7.75. The monoisotopic (exact) mass is 329 g/mol. The van der Waals surface area contributed by atoms with E-state index in [1.165, 1.54) is 0 Å². The second-order valence-corrected chi connectivity index (χ2v) is 5.45. The summed E-state index contributed by atoms with van der Waals surface area (Å²) in [5.41, 5.74) is 2.63. The van der Waals surface area contributed by atoms with Gasteiger partial charge in [-0.3, -0.25) is 0 Å². The number of hydrogen-bond acceptors (Lipinski definition) is 4. The zero-order valence-electron chi connectivity index (χ0n) is 13.8. The summed E-state index contributed by atoms with van der Waals surface area (Å²) in [4.78, 5) is 8.98. The van der Waals surface area contributed by atoms with Gasteiger partial charge in [0, 0.05) is 24.9 Å². The summed E-state index contributed by atoms with van der Waals surface area (Å²) in [6.07, 6.45) is 1.96. The Hall–Kier alpha value is -3.59. The summed E-state index contributed by atoms with van der Waals surface area (Å²) < 4.78 is 8.79. The molecule has 0 spiro atoms. The molecule has 0 fully saturated rings. The van der Waals surface area contributed by atoms with E-state index in [0.717, 1.165) is 11.3 Å². The van der Waals surface area contributed by atoms with Gasteiger partial charge in [-0.15, -0.1) is 5.10 Å². The van der Waals surface area contributed by atoms with Crippen LogP contribution in [0.5, 0.6) is 5.88 Å². The molecule has 4 rings (SSSR count). The predicted molar refractivity (Wildman–Crippen MR) is 94.2 cm³/mol. The van der Waals surface area contributed by atoms with E-state index in [2.05, 4.69) is 26.9 Å². The van der Waals surface area contributed by atoms with E-state index in [1.807, 2.05) is 66.3 Å². The van der Waals surface area contributed by atoms with Crippen LogP contribution in [0.2, 0.25) is 0 Å². The summed E-state index contributed by atoms with van der Waals surface area (Å²) in [7, 11) is 3.52. The summed E-state index contributed by atoms with van der Waals surface area (Å²) in [5, 5.41) is 4.36. The standard InChI is InChI=1S/C19H15N5O/c1-23-13-15(14-7-4-3-5-8-14)20-17(23)12-11-16-21-18-9-6-10-19(25-2)24(18)22-16/h3-10,13H,1-2H3. The molecular weight excluding hydrogens is 314 g/mol. The third-order valence-corrected chi connectivity index (χ3v) is 3.77. The van der Waals surface area contributed by atoms with Crippen molar-refractivity contribution in [2.75, 3.05) is 7.11 Å². The van der Waals surface area contributed by atoms with Crippen molar-refractivity contribution in [3.05, 3.63) is 66.4 Å². The maximum Gasteiger partial charge on any atom is 0.226 e. The van der Waals surface area contributed by atoms with Crippen LogP contribution in [0.3, 0.4) is 0 Å². The van der Waals surface area contributed by atoms with E-state index in [4.69, 9.17) is 4.74 Å². The maximum absolute atomic E-state index is 5.27. The third-order valence-electron chi connectivity index (χ3n) is 3.77. The minimum Gasteiger partial charge on any atom is -0.481 e. The highest BCUT2D eigenvalue weighted by Gasteiger charge is 2.07. The molecule has 0 atom stereocenters. The van der Waals surface area contributed by atoms with E-state index in [-0.39, 0.29) is 0 Å². The van der Waals surface area contributed by atoms with Gasteiger partial charge in [0.1, 0.15) is 0 Å². The van der Waals surface area contributed by atoms with Crippen LogP contribution in [0.4, 0.5) is 0 Å².